The van der Waals surface area contributed by atoms with Gasteiger partial charge in [-0.05, 0) is 36.5 Å². The molecule has 9 heteroatoms. The van der Waals surface area contributed by atoms with Gasteiger partial charge in [0.2, 0.25) is 5.88 Å². The molecule has 0 radical (unpaired) electrons. The van der Waals surface area contributed by atoms with Crippen molar-refractivity contribution >= 4 is 17.4 Å². The van der Waals surface area contributed by atoms with E-state index in [4.69, 9.17) is 4.74 Å². The smallest absolute Gasteiger partial charge is 0.261 e. The molecule has 0 spiro atoms. The van der Waals surface area contributed by atoms with Crippen LogP contribution >= 0.6 is 0 Å². The number of rotatable bonds is 6. The average molecular weight is 391 g/mol. The molecule has 2 aliphatic rings. The van der Waals surface area contributed by atoms with Gasteiger partial charge in [0.1, 0.15) is 17.5 Å². The minimum absolute atomic E-state index is 0.0344. The van der Waals surface area contributed by atoms with E-state index < -0.39 is 0 Å². The van der Waals surface area contributed by atoms with E-state index in [0.717, 1.165) is 5.82 Å². The summed E-state index contributed by atoms with van der Waals surface area (Å²) in [6.07, 6.45) is 8.97. The van der Waals surface area contributed by atoms with Crippen LogP contribution < -0.4 is 15.0 Å². The SMILES string of the molecule is Cn1ncc(C(=O)Nc2ccnnc2)c1N1CC(Oc2cc(C3CC3)ccn2)C1. The van der Waals surface area contributed by atoms with Gasteiger partial charge in [-0.25, -0.2) is 4.98 Å². The first-order chi connectivity index (χ1) is 14.2. The summed E-state index contributed by atoms with van der Waals surface area (Å²) >= 11 is 0. The van der Waals surface area contributed by atoms with Gasteiger partial charge in [0, 0.05) is 19.3 Å². The fourth-order valence-corrected chi connectivity index (χ4v) is 3.55. The molecule has 0 atom stereocenters. The van der Waals surface area contributed by atoms with Crippen molar-refractivity contribution in [2.45, 2.75) is 24.9 Å². The lowest BCUT2D eigenvalue weighted by molar-refractivity contribution is 0.102. The lowest BCUT2D eigenvalue weighted by Gasteiger charge is -2.40. The van der Waals surface area contributed by atoms with Crippen molar-refractivity contribution in [2.24, 2.45) is 7.05 Å². The number of carbonyl (C=O) groups excluding carboxylic acids is 1. The van der Waals surface area contributed by atoms with Crippen LogP contribution in [0.4, 0.5) is 11.5 Å². The van der Waals surface area contributed by atoms with Crippen LogP contribution in [0.15, 0.2) is 43.0 Å². The Balaban J connectivity index is 1.24. The van der Waals surface area contributed by atoms with Crippen LogP contribution in [0.2, 0.25) is 0 Å². The maximum absolute atomic E-state index is 12.7. The first-order valence-electron chi connectivity index (χ1n) is 9.65. The van der Waals surface area contributed by atoms with Gasteiger partial charge in [-0.3, -0.25) is 9.48 Å². The lowest BCUT2D eigenvalue weighted by Crippen LogP contribution is -2.55. The third-order valence-corrected chi connectivity index (χ3v) is 5.24. The van der Waals surface area contributed by atoms with E-state index in [1.54, 1.807) is 16.9 Å². The summed E-state index contributed by atoms with van der Waals surface area (Å²) in [5.41, 5.74) is 2.41. The number of nitrogens with one attached hydrogen (secondary N) is 1. The molecule has 148 valence electrons. The van der Waals surface area contributed by atoms with E-state index in [-0.39, 0.29) is 12.0 Å². The summed E-state index contributed by atoms with van der Waals surface area (Å²) in [7, 11) is 1.83. The van der Waals surface area contributed by atoms with E-state index in [1.165, 1.54) is 30.8 Å². The van der Waals surface area contributed by atoms with Crippen molar-refractivity contribution in [1.29, 1.82) is 0 Å². The molecule has 3 aromatic heterocycles. The number of nitrogens with zero attached hydrogens (tertiary/aromatic N) is 6. The second kappa shape index (κ2) is 7.16. The van der Waals surface area contributed by atoms with Crippen molar-refractivity contribution in [1.82, 2.24) is 25.0 Å². The number of anilines is 2. The Kier molecular flexibility index (Phi) is 4.34. The molecule has 4 heterocycles. The third-order valence-electron chi connectivity index (χ3n) is 5.24. The Morgan fingerprint density at radius 1 is 1.17 bits per heavy atom. The van der Waals surface area contributed by atoms with E-state index in [1.807, 2.05) is 19.3 Å². The molecule has 5 rings (SSSR count). The van der Waals surface area contributed by atoms with Gasteiger partial charge >= 0.3 is 0 Å². The van der Waals surface area contributed by atoms with Gasteiger partial charge in [0.05, 0.1) is 37.4 Å². The van der Waals surface area contributed by atoms with Crippen LogP contribution in [0.25, 0.3) is 0 Å². The van der Waals surface area contributed by atoms with Gasteiger partial charge in [-0.2, -0.15) is 15.3 Å². The molecule has 9 nitrogen and oxygen atoms in total. The quantitative estimate of drug-likeness (QED) is 0.686. The van der Waals surface area contributed by atoms with Crippen LogP contribution in [0.5, 0.6) is 5.88 Å². The van der Waals surface area contributed by atoms with Crippen LogP contribution in [0, 0.1) is 0 Å². The van der Waals surface area contributed by atoms with Crippen LogP contribution in [-0.4, -0.2) is 50.1 Å². The number of hydrogen-bond donors (Lipinski definition) is 1. The maximum atomic E-state index is 12.7. The molecule has 1 saturated carbocycles. The Morgan fingerprint density at radius 3 is 2.79 bits per heavy atom. The number of ether oxygens (including phenoxy) is 1. The molecule has 0 unspecified atom stereocenters. The van der Waals surface area contributed by atoms with Crippen molar-refractivity contribution in [3.8, 4) is 5.88 Å². The molecule has 0 aromatic carbocycles. The van der Waals surface area contributed by atoms with Gasteiger partial charge < -0.3 is 15.0 Å². The van der Waals surface area contributed by atoms with E-state index in [2.05, 4.69) is 36.6 Å². The third kappa shape index (κ3) is 3.63. The summed E-state index contributed by atoms with van der Waals surface area (Å²) in [5.74, 6) is 1.88. The van der Waals surface area contributed by atoms with Crippen molar-refractivity contribution in [3.63, 3.8) is 0 Å². The molecule has 0 bridgehead atoms. The maximum Gasteiger partial charge on any atom is 0.261 e. The predicted molar refractivity (Wildman–Crippen MR) is 106 cm³/mol. The number of aromatic nitrogens is 5. The number of pyridine rings is 1. The molecule has 1 aliphatic heterocycles. The summed E-state index contributed by atoms with van der Waals surface area (Å²) in [6, 6.07) is 5.81. The largest absolute Gasteiger partial charge is 0.471 e. The topological polar surface area (TPSA) is 98.1 Å². The summed E-state index contributed by atoms with van der Waals surface area (Å²) in [4.78, 5) is 19.1. The average Bonchev–Trinajstić information content (AvgIpc) is 3.48. The number of amides is 1. The number of aryl methyl sites for hydroxylation is 1. The molecule has 1 saturated heterocycles. The van der Waals surface area contributed by atoms with Gasteiger partial charge in [-0.1, -0.05) is 0 Å². The van der Waals surface area contributed by atoms with Crippen molar-refractivity contribution < 1.29 is 9.53 Å². The van der Waals surface area contributed by atoms with Gasteiger partial charge in [0.15, 0.2) is 0 Å². The van der Waals surface area contributed by atoms with Gasteiger partial charge in [0.25, 0.3) is 5.91 Å². The lowest BCUT2D eigenvalue weighted by atomic mass is 10.1. The fourth-order valence-electron chi connectivity index (χ4n) is 3.55. The molecule has 3 aromatic rings. The highest BCUT2D eigenvalue weighted by atomic mass is 16.5. The summed E-state index contributed by atoms with van der Waals surface area (Å²) < 4.78 is 7.75. The molecular weight excluding hydrogens is 370 g/mol. The zero-order valence-corrected chi connectivity index (χ0v) is 16.0. The Bertz CT molecular complexity index is 1030. The minimum Gasteiger partial charge on any atom is -0.471 e. The Morgan fingerprint density at radius 2 is 2.03 bits per heavy atom. The van der Waals surface area contributed by atoms with Crippen molar-refractivity contribution in [2.75, 3.05) is 23.3 Å². The molecule has 1 aliphatic carbocycles. The zero-order valence-electron chi connectivity index (χ0n) is 16.0. The first kappa shape index (κ1) is 17.6. The van der Waals surface area contributed by atoms with E-state index >= 15 is 0 Å². The second-order valence-electron chi connectivity index (χ2n) is 7.44. The zero-order chi connectivity index (χ0) is 19.8. The van der Waals surface area contributed by atoms with E-state index in [0.29, 0.717) is 36.1 Å². The summed E-state index contributed by atoms with van der Waals surface area (Å²) in [6.45, 7) is 1.35. The monoisotopic (exact) mass is 391 g/mol. The predicted octanol–water partition coefficient (Wildman–Crippen LogP) is 2.00. The highest BCUT2D eigenvalue weighted by Crippen LogP contribution is 2.40. The minimum atomic E-state index is -0.232. The highest BCUT2D eigenvalue weighted by molar-refractivity contribution is 6.07. The van der Waals surface area contributed by atoms with Crippen LogP contribution in [-0.2, 0) is 7.05 Å². The summed E-state index contributed by atoms with van der Waals surface area (Å²) in [5, 5.41) is 14.6. The normalized spacial score (nSPS) is 16.4. The molecular formula is C20H21N7O2. The molecule has 1 N–H and O–H groups in total. The second-order valence-corrected chi connectivity index (χ2v) is 7.44. The molecule has 1 amide bonds. The van der Waals surface area contributed by atoms with E-state index in [9.17, 15) is 4.79 Å². The van der Waals surface area contributed by atoms with Gasteiger partial charge in [-0.15, -0.1) is 0 Å². The van der Waals surface area contributed by atoms with Crippen LogP contribution in [0.3, 0.4) is 0 Å². The molecule has 29 heavy (non-hydrogen) atoms. The highest BCUT2D eigenvalue weighted by Gasteiger charge is 2.34. The Labute approximate surface area is 167 Å². The van der Waals surface area contributed by atoms with Crippen molar-refractivity contribution in [3.05, 3.63) is 54.1 Å². The molecule has 2 fully saturated rings. The van der Waals surface area contributed by atoms with Crippen LogP contribution in [0.1, 0.15) is 34.7 Å². The fraction of sp³-hybridized carbons (Fsp3) is 0.350. The first-order valence-corrected chi connectivity index (χ1v) is 9.65. The number of hydrogen-bond acceptors (Lipinski definition) is 7. The Hall–Kier alpha value is -3.49. The number of carbonyl (C=O) groups is 1. The standard InChI is InChI=1S/C20H21N7O2/c1-26-20(17(10-24-26)19(28)25-15-5-7-22-23-9-15)27-11-16(12-27)29-18-8-14(4-6-21-18)13-2-3-13/h4-10,13,16H,2-3,11-12H2,1H3,(H,22,25,28).